The average Bonchev–Trinajstić information content (AvgIpc) is 2.43. The number of fused-ring (bicyclic) bond motifs is 1. The van der Waals surface area contributed by atoms with Crippen LogP contribution in [-0.4, -0.2) is 73.6 Å². The molecule has 2 fully saturated rings. The van der Waals surface area contributed by atoms with Crippen molar-refractivity contribution < 1.29 is 9.59 Å². The fraction of sp³-hybridized carbons (Fsp3) is 0.938. The lowest BCUT2D eigenvalue weighted by atomic mass is 9.98. The van der Waals surface area contributed by atoms with Crippen LogP contribution in [0.4, 0.5) is 0 Å². The molecule has 0 aromatic carbocycles. The van der Waals surface area contributed by atoms with Gasteiger partial charge in [-0.2, -0.15) is 0 Å². The van der Waals surface area contributed by atoms with E-state index in [9.17, 15) is 9.59 Å². The standard InChI is InChI=1S/C16H33N3O2Si/c1-13(20)18-8-9-19-11-14(17-10-15(19)12-18)6-7-16(2,3)22(4,5)21/h14-15,17,21H,6-12H2,1-5H3/t14-,15?/m1/s1. The molecule has 0 bridgehead atoms. The van der Waals surface area contributed by atoms with Crippen molar-refractivity contribution in [2.45, 2.75) is 63.8 Å². The summed E-state index contributed by atoms with van der Waals surface area (Å²) in [7, 11) is -2.11. The Hall–Kier alpha value is -0.433. The van der Waals surface area contributed by atoms with Crippen molar-refractivity contribution in [3.8, 4) is 0 Å². The predicted molar refractivity (Wildman–Crippen MR) is 92.4 cm³/mol. The number of hydrogen-bond acceptors (Lipinski definition) is 4. The molecule has 2 N–H and O–H groups in total. The van der Waals surface area contributed by atoms with Gasteiger partial charge in [0.05, 0.1) is 0 Å². The van der Waals surface area contributed by atoms with Crippen LogP contribution in [0.5, 0.6) is 0 Å². The summed E-state index contributed by atoms with van der Waals surface area (Å²) in [6.45, 7) is 14.9. The summed E-state index contributed by atoms with van der Waals surface area (Å²) in [6, 6.07) is 0.973. The third kappa shape index (κ3) is 4.10. The van der Waals surface area contributed by atoms with E-state index in [-0.39, 0.29) is 10.9 Å². The van der Waals surface area contributed by atoms with E-state index in [0.29, 0.717) is 12.1 Å². The first-order valence-electron chi connectivity index (χ1n) is 8.55. The van der Waals surface area contributed by atoms with Crippen LogP contribution in [0.25, 0.3) is 0 Å². The Morgan fingerprint density at radius 1 is 1.32 bits per heavy atom. The van der Waals surface area contributed by atoms with E-state index in [0.717, 1.165) is 45.6 Å². The van der Waals surface area contributed by atoms with Gasteiger partial charge in [-0.05, 0) is 31.0 Å². The molecule has 22 heavy (non-hydrogen) atoms. The zero-order valence-electron chi connectivity index (χ0n) is 14.9. The molecule has 2 saturated heterocycles. The van der Waals surface area contributed by atoms with Gasteiger partial charge in [-0.25, -0.2) is 0 Å². The topological polar surface area (TPSA) is 55.8 Å². The monoisotopic (exact) mass is 327 g/mol. The number of nitrogens with zero attached hydrogens (tertiary/aromatic N) is 2. The van der Waals surface area contributed by atoms with Gasteiger partial charge >= 0.3 is 0 Å². The second-order valence-electron chi connectivity index (χ2n) is 8.20. The van der Waals surface area contributed by atoms with E-state index in [4.69, 9.17) is 0 Å². The first kappa shape index (κ1) is 17.9. The molecule has 2 atom stereocenters. The van der Waals surface area contributed by atoms with Crippen molar-refractivity contribution in [2.75, 3.05) is 32.7 Å². The molecule has 128 valence electrons. The highest BCUT2D eigenvalue weighted by atomic mass is 28.4. The summed E-state index contributed by atoms with van der Waals surface area (Å²) in [5.41, 5.74) is 0. The van der Waals surface area contributed by atoms with Crippen LogP contribution in [0, 0.1) is 0 Å². The molecule has 5 nitrogen and oxygen atoms in total. The minimum absolute atomic E-state index is 0.0544. The van der Waals surface area contributed by atoms with E-state index >= 15 is 0 Å². The quantitative estimate of drug-likeness (QED) is 0.763. The van der Waals surface area contributed by atoms with Gasteiger partial charge in [0, 0.05) is 51.7 Å². The Labute approximate surface area is 136 Å². The molecule has 0 aromatic rings. The van der Waals surface area contributed by atoms with Crippen LogP contribution in [0.3, 0.4) is 0 Å². The Morgan fingerprint density at radius 3 is 2.59 bits per heavy atom. The van der Waals surface area contributed by atoms with Crippen molar-refractivity contribution in [1.29, 1.82) is 0 Å². The van der Waals surface area contributed by atoms with Crippen molar-refractivity contribution in [2.24, 2.45) is 0 Å². The number of rotatable bonds is 4. The van der Waals surface area contributed by atoms with Crippen LogP contribution < -0.4 is 5.32 Å². The molecule has 2 heterocycles. The van der Waals surface area contributed by atoms with Gasteiger partial charge in [0.1, 0.15) is 0 Å². The third-order valence-corrected chi connectivity index (χ3v) is 9.48. The van der Waals surface area contributed by atoms with Gasteiger partial charge in [0.15, 0.2) is 8.32 Å². The minimum Gasteiger partial charge on any atom is -0.432 e. The fourth-order valence-corrected chi connectivity index (χ4v) is 4.05. The first-order valence-corrected chi connectivity index (χ1v) is 11.5. The molecule has 1 amide bonds. The maximum Gasteiger partial charge on any atom is 0.219 e. The molecule has 0 spiro atoms. The minimum atomic E-state index is -2.11. The number of piperazine rings is 2. The van der Waals surface area contributed by atoms with Gasteiger partial charge in [-0.15, -0.1) is 0 Å². The predicted octanol–water partition coefficient (Wildman–Crippen LogP) is 1.25. The second-order valence-corrected chi connectivity index (χ2v) is 12.7. The number of carbonyl (C=O) groups is 1. The Kier molecular flexibility index (Phi) is 5.37. The van der Waals surface area contributed by atoms with Gasteiger partial charge < -0.3 is 15.0 Å². The molecule has 6 heteroatoms. The summed E-state index contributed by atoms with van der Waals surface area (Å²) in [4.78, 5) is 26.4. The van der Waals surface area contributed by atoms with E-state index in [1.165, 1.54) is 0 Å². The van der Waals surface area contributed by atoms with Gasteiger partial charge in [0.2, 0.25) is 5.91 Å². The van der Waals surface area contributed by atoms with Crippen LogP contribution in [0.15, 0.2) is 0 Å². The normalized spacial score (nSPS) is 27.6. The van der Waals surface area contributed by atoms with Crippen molar-refractivity contribution in [1.82, 2.24) is 15.1 Å². The van der Waals surface area contributed by atoms with Crippen molar-refractivity contribution >= 4 is 14.2 Å². The highest BCUT2D eigenvalue weighted by molar-refractivity contribution is 6.72. The molecule has 0 aliphatic carbocycles. The number of hydrogen-bond donors (Lipinski definition) is 2. The average molecular weight is 328 g/mol. The molecule has 0 saturated carbocycles. The molecular formula is C16H33N3O2Si. The first-order chi connectivity index (χ1) is 10.1. The largest absolute Gasteiger partial charge is 0.432 e. The summed E-state index contributed by atoms with van der Waals surface area (Å²) >= 11 is 0. The Morgan fingerprint density at radius 2 is 2.00 bits per heavy atom. The third-order valence-electron chi connectivity index (χ3n) is 5.92. The number of amides is 1. The van der Waals surface area contributed by atoms with Crippen LogP contribution >= 0.6 is 0 Å². The highest BCUT2D eigenvalue weighted by Gasteiger charge is 2.39. The zero-order valence-corrected chi connectivity index (χ0v) is 15.9. The number of carbonyl (C=O) groups excluding carboxylic acids is 1. The zero-order chi connectivity index (χ0) is 16.5. The molecule has 2 aliphatic rings. The Bertz CT molecular complexity index is 409. The molecule has 1 unspecified atom stereocenters. The summed E-state index contributed by atoms with van der Waals surface area (Å²) in [5, 5.41) is 3.71. The molecular weight excluding hydrogens is 294 g/mol. The van der Waals surface area contributed by atoms with Crippen molar-refractivity contribution in [3.05, 3.63) is 0 Å². The molecule has 2 rings (SSSR count). The van der Waals surface area contributed by atoms with Crippen molar-refractivity contribution in [3.63, 3.8) is 0 Å². The molecule has 0 radical (unpaired) electrons. The van der Waals surface area contributed by atoms with E-state index < -0.39 is 8.32 Å². The molecule has 0 aromatic heterocycles. The lowest BCUT2D eigenvalue weighted by Gasteiger charge is -2.47. The fourth-order valence-electron chi connectivity index (χ4n) is 3.30. The maximum absolute atomic E-state index is 11.5. The second kappa shape index (κ2) is 6.59. The summed E-state index contributed by atoms with van der Waals surface area (Å²) < 4.78 is 0. The van der Waals surface area contributed by atoms with Crippen LogP contribution in [-0.2, 0) is 4.79 Å². The smallest absolute Gasteiger partial charge is 0.219 e. The lowest BCUT2D eigenvalue weighted by molar-refractivity contribution is -0.132. The van der Waals surface area contributed by atoms with Crippen LogP contribution in [0.1, 0.15) is 33.6 Å². The highest BCUT2D eigenvalue weighted by Crippen LogP contribution is 2.40. The lowest BCUT2D eigenvalue weighted by Crippen LogP contribution is -2.64. The van der Waals surface area contributed by atoms with E-state index in [1.54, 1.807) is 6.92 Å². The van der Waals surface area contributed by atoms with E-state index in [2.05, 4.69) is 24.1 Å². The van der Waals surface area contributed by atoms with Gasteiger partial charge in [-0.3, -0.25) is 9.69 Å². The maximum atomic E-state index is 11.5. The summed E-state index contributed by atoms with van der Waals surface area (Å²) in [5.74, 6) is 0.193. The van der Waals surface area contributed by atoms with Crippen LogP contribution in [0.2, 0.25) is 18.1 Å². The van der Waals surface area contributed by atoms with Gasteiger partial charge in [-0.1, -0.05) is 13.8 Å². The van der Waals surface area contributed by atoms with Gasteiger partial charge in [0.25, 0.3) is 0 Å². The SMILES string of the molecule is CC(=O)N1CCN2C[C@@H](CCC(C)(C)[Si](C)(C)O)NCC2C1. The molecule has 2 aliphatic heterocycles. The van der Waals surface area contributed by atoms with E-state index in [1.807, 2.05) is 18.0 Å². The Balaban J connectivity index is 1.83. The summed E-state index contributed by atoms with van der Waals surface area (Å²) in [6.07, 6.45) is 2.18. The number of nitrogens with one attached hydrogen (secondary N) is 1.